The highest BCUT2D eigenvalue weighted by atomic mass is 16.5. The standard InChI is InChI=1S/C12H22N2O2/c1-16-12(15)10-8-14(7-6-11(10)13)9-4-2-3-5-9/h9-11H,2-8,13H2,1H3/t10-,11-/m1/s1. The largest absolute Gasteiger partial charge is 0.469 e. The summed E-state index contributed by atoms with van der Waals surface area (Å²) < 4.78 is 4.83. The summed E-state index contributed by atoms with van der Waals surface area (Å²) in [4.78, 5) is 14.1. The van der Waals surface area contributed by atoms with Crippen LogP contribution in [0.2, 0.25) is 0 Å². The topological polar surface area (TPSA) is 55.6 Å². The van der Waals surface area contributed by atoms with Gasteiger partial charge in [-0.25, -0.2) is 0 Å². The summed E-state index contributed by atoms with van der Waals surface area (Å²) in [6, 6.07) is 0.657. The van der Waals surface area contributed by atoms with E-state index in [9.17, 15) is 4.79 Å². The predicted octanol–water partition coefficient (Wildman–Crippen LogP) is 0.751. The van der Waals surface area contributed by atoms with Crippen LogP contribution in [0.3, 0.4) is 0 Å². The maximum atomic E-state index is 11.6. The van der Waals surface area contributed by atoms with E-state index in [-0.39, 0.29) is 17.9 Å². The molecule has 2 atom stereocenters. The van der Waals surface area contributed by atoms with Gasteiger partial charge in [0.1, 0.15) is 0 Å². The molecule has 0 aromatic rings. The number of piperidine rings is 1. The lowest BCUT2D eigenvalue weighted by Gasteiger charge is -2.38. The van der Waals surface area contributed by atoms with Gasteiger partial charge in [-0.1, -0.05) is 12.8 Å². The fourth-order valence-electron chi connectivity index (χ4n) is 3.00. The smallest absolute Gasteiger partial charge is 0.311 e. The van der Waals surface area contributed by atoms with Crippen LogP contribution >= 0.6 is 0 Å². The third-order valence-electron chi connectivity index (χ3n) is 4.04. The zero-order valence-corrected chi connectivity index (χ0v) is 10.0. The van der Waals surface area contributed by atoms with Crippen molar-refractivity contribution in [2.24, 2.45) is 11.7 Å². The van der Waals surface area contributed by atoms with Crippen molar-refractivity contribution in [3.05, 3.63) is 0 Å². The van der Waals surface area contributed by atoms with Crippen LogP contribution in [0.5, 0.6) is 0 Å². The van der Waals surface area contributed by atoms with Crippen molar-refractivity contribution in [3.63, 3.8) is 0 Å². The Balaban J connectivity index is 1.95. The molecule has 1 aliphatic heterocycles. The number of ether oxygens (including phenoxy) is 1. The second-order valence-corrected chi connectivity index (χ2v) is 5.02. The summed E-state index contributed by atoms with van der Waals surface area (Å²) >= 11 is 0. The average Bonchev–Trinajstić information content (AvgIpc) is 2.82. The number of likely N-dealkylation sites (tertiary alicyclic amines) is 1. The lowest BCUT2D eigenvalue weighted by molar-refractivity contribution is -0.148. The second-order valence-electron chi connectivity index (χ2n) is 5.02. The number of nitrogens with two attached hydrogens (primary N) is 1. The first kappa shape index (κ1) is 11.9. The molecule has 0 aromatic heterocycles. The Labute approximate surface area is 97.1 Å². The van der Waals surface area contributed by atoms with E-state index < -0.39 is 0 Å². The highest BCUT2D eigenvalue weighted by Crippen LogP contribution is 2.27. The van der Waals surface area contributed by atoms with E-state index in [1.807, 2.05) is 0 Å². The molecule has 2 aliphatic rings. The highest BCUT2D eigenvalue weighted by Gasteiger charge is 2.36. The van der Waals surface area contributed by atoms with Crippen LogP contribution in [0.1, 0.15) is 32.1 Å². The van der Waals surface area contributed by atoms with Crippen LogP contribution in [-0.2, 0) is 9.53 Å². The monoisotopic (exact) mass is 226 g/mol. The Hall–Kier alpha value is -0.610. The molecule has 2 rings (SSSR count). The first-order chi connectivity index (χ1) is 7.72. The first-order valence-corrected chi connectivity index (χ1v) is 6.30. The number of methoxy groups -OCH3 is 1. The van der Waals surface area contributed by atoms with Crippen molar-refractivity contribution in [2.75, 3.05) is 20.2 Å². The fourth-order valence-corrected chi connectivity index (χ4v) is 3.00. The number of rotatable bonds is 2. The molecule has 0 amide bonds. The van der Waals surface area contributed by atoms with Crippen molar-refractivity contribution in [3.8, 4) is 0 Å². The Morgan fingerprint density at radius 2 is 2.00 bits per heavy atom. The van der Waals surface area contributed by atoms with E-state index in [0.29, 0.717) is 6.04 Å². The summed E-state index contributed by atoms with van der Waals surface area (Å²) in [6.07, 6.45) is 6.13. The molecular weight excluding hydrogens is 204 g/mol. The number of carbonyl (C=O) groups is 1. The van der Waals surface area contributed by atoms with E-state index in [4.69, 9.17) is 10.5 Å². The van der Waals surface area contributed by atoms with Gasteiger partial charge in [0.15, 0.2) is 0 Å². The van der Waals surface area contributed by atoms with Crippen LogP contribution in [0.25, 0.3) is 0 Å². The van der Waals surface area contributed by atoms with E-state index in [1.54, 1.807) is 0 Å². The summed E-state index contributed by atoms with van der Waals surface area (Å²) in [7, 11) is 1.45. The fraction of sp³-hybridized carbons (Fsp3) is 0.917. The molecule has 4 nitrogen and oxygen atoms in total. The number of hydrogen-bond acceptors (Lipinski definition) is 4. The van der Waals surface area contributed by atoms with Gasteiger partial charge in [-0.3, -0.25) is 9.69 Å². The molecule has 0 bridgehead atoms. The zero-order chi connectivity index (χ0) is 11.5. The van der Waals surface area contributed by atoms with Crippen LogP contribution in [0, 0.1) is 5.92 Å². The van der Waals surface area contributed by atoms with Gasteiger partial charge in [-0.05, 0) is 25.8 Å². The molecule has 4 heteroatoms. The van der Waals surface area contributed by atoms with Gasteiger partial charge in [0.05, 0.1) is 13.0 Å². The van der Waals surface area contributed by atoms with E-state index in [0.717, 1.165) is 19.5 Å². The number of carbonyl (C=O) groups excluding carboxylic acids is 1. The molecule has 0 spiro atoms. The molecule has 1 aliphatic carbocycles. The molecule has 92 valence electrons. The molecule has 1 saturated carbocycles. The third kappa shape index (κ3) is 2.38. The number of esters is 1. The molecule has 16 heavy (non-hydrogen) atoms. The van der Waals surface area contributed by atoms with Gasteiger partial charge in [-0.15, -0.1) is 0 Å². The van der Waals surface area contributed by atoms with Gasteiger partial charge in [0.2, 0.25) is 0 Å². The molecule has 0 unspecified atom stereocenters. The van der Waals surface area contributed by atoms with Gasteiger partial charge >= 0.3 is 5.97 Å². The van der Waals surface area contributed by atoms with Gasteiger partial charge in [-0.2, -0.15) is 0 Å². The third-order valence-corrected chi connectivity index (χ3v) is 4.04. The van der Waals surface area contributed by atoms with Crippen molar-refractivity contribution >= 4 is 5.97 Å². The molecule has 1 saturated heterocycles. The van der Waals surface area contributed by atoms with E-state index in [2.05, 4.69) is 4.90 Å². The maximum absolute atomic E-state index is 11.6. The SMILES string of the molecule is COC(=O)[C@@H]1CN(C2CCCC2)CC[C@H]1N. The van der Waals surface area contributed by atoms with Crippen molar-refractivity contribution in [1.29, 1.82) is 0 Å². The summed E-state index contributed by atoms with van der Waals surface area (Å²) in [6.45, 7) is 1.83. The normalized spacial score (nSPS) is 32.9. The Bertz CT molecular complexity index is 251. The molecule has 0 radical (unpaired) electrons. The minimum atomic E-state index is -0.143. The summed E-state index contributed by atoms with van der Waals surface area (Å²) in [5.74, 6) is -0.269. The minimum Gasteiger partial charge on any atom is -0.469 e. The highest BCUT2D eigenvalue weighted by molar-refractivity contribution is 5.73. The van der Waals surface area contributed by atoms with Crippen LogP contribution in [0.15, 0.2) is 0 Å². The van der Waals surface area contributed by atoms with Gasteiger partial charge < -0.3 is 10.5 Å². The van der Waals surface area contributed by atoms with Crippen molar-refractivity contribution in [1.82, 2.24) is 4.90 Å². The van der Waals surface area contributed by atoms with E-state index >= 15 is 0 Å². The van der Waals surface area contributed by atoms with Crippen LogP contribution in [0.4, 0.5) is 0 Å². The lowest BCUT2D eigenvalue weighted by atomic mass is 9.91. The molecule has 2 N–H and O–H groups in total. The van der Waals surface area contributed by atoms with Crippen molar-refractivity contribution in [2.45, 2.75) is 44.2 Å². The van der Waals surface area contributed by atoms with E-state index in [1.165, 1.54) is 32.8 Å². The summed E-state index contributed by atoms with van der Waals surface area (Å²) in [5, 5.41) is 0. The Morgan fingerprint density at radius 1 is 1.31 bits per heavy atom. The number of hydrogen-bond donors (Lipinski definition) is 1. The summed E-state index contributed by atoms with van der Waals surface area (Å²) in [5.41, 5.74) is 5.99. The van der Waals surface area contributed by atoms with Gasteiger partial charge in [0.25, 0.3) is 0 Å². The predicted molar refractivity (Wildman–Crippen MR) is 61.9 cm³/mol. The first-order valence-electron chi connectivity index (χ1n) is 6.30. The molecule has 1 heterocycles. The molecule has 2 fully saturated rings. The lowest BCUT2D eigenvalue weighted by Crippen LogP contribution is -2.52. The zero-order valence-electron chi connectivity index (χ0n) is 10.0. The molecule has 0 aromatic carbocycles. The van der Waals surface area contributed by atoms with Crippen LogP contribution in [-0.4, -0.2) is 43.2 Å². The second kappa shape index (κ2) is 5.15. The Kier molecular flexibility index (Phi) is 3.82. The average molecular weight is 226 g/mol. The maximum Gasteiger partial charge on any atom is 0.311 e. The van der Waals surface area contributed by atoms with Crippen LogP contribution < -0.4 is 5.73 Å². The van der Waals surface area contributed by atoms with Crippen molar-refractivity contribution < 1.29 is 9.53 Å². The molecular formula is C12H22N2O2. The number of nitrogens with zero attached hydrogens (tertiary/aromatic N) is 1. The minimum absolute atomic E-state index is 0.0231. The Morgan fingerprint density at radius 3 is 2.62 bits per heavy atom. The van der Waals surface area contributed by atoms with Gasteiger partial charge in [0, 0.05) is 18.6 Å². The quantitative estimate of drug-likeness (QED) is 0.706.